The summed E-state index contributed by atoms with van der Waals surface area (Å²) in [6, 6.07) is 7.99. The van der Waals surface area contributed by atoms with E-state index >= 15 is 0 Å². The molecule has 4 aromatic rings. The maximum Gasteiger partial charge on any atom is 0.161 e. The van der Waals surface area contributed by atoms with Crippen LogP contribution >= 0.6 is 0 Å². The minimum Gasteiger partial charge on any atom is -0.496 e. The zero-order valence-corrected chi connectivity index (χ0v) is 18.0. The van der Waals surface area contributed by atoms with Crippen molar-refractivity contribution in [2.24, 2.45) is 0 Å². The Labute approximate surface area is 175 Å². The average molecular weight is 406 g/mol. The van der Waals surface area contributed by atoms with Crippen molar-refractivity contribution in [2.75, 3.05) is 17.7 Å². The molecule has 4 rings (SSSR count). The molecule has 0 spiro atoms. The molecule has 3 heterocycles. The molecule has 0 amide bonds. The lowest BCUT2D eigenvalue weighted by Crippen LogP contribution is -2.04. The number of hydrogen-bond acceptors (Lipinski definition) is 6. The molecular formula is C22H27N7O. The first-order valence-electron chi connectivity index (χ1n) is 10.1. The van der Waals surface area contributed by atoms with Crippen molar-refractivity contribution in [3.8, 4) is 5.75 Å². The van der Waals surface area contributed by atoms with Crippen molar-refractivity contribution in [3.05, 3.63) is 47.8 Å². The minimum absolute atomic E-state index is 0.755. The first-order chi connectivity index (χ1) is 14.5. The average Bonchev–Trinajstić information content (AvgIpc) is 3.34. The number of rotatable bonds is 7. The largest absolute Gasteiger partial charge is 0.496 e. The Balaban J connectivity index is 1.73. The van der Waals surface area contributed by atoms with Gasteiger partial charge in [0.2, 0.25) is 0 Å². The van der Waals surface area contributed by atoms with Gasteiger partial charge in [-0.25, -0.2) is 9.67 Å². The number of benzene rings is 1. The molecule has 3 aromatic heterocycles. The fourth-order valence-electron chi connectivity index (χ4n) is 3.65. The zero-order chi connectivity index (χ0) is 21.3. The third-order valence-electron chi connectivity index (χ3n) is 5.29. The van der Waals surface area contributed by atoms with Crippen LogP contribution in [-0.2, 0) is 13.1 Å². The van der Waals surface area contributed by atoms with Gasteiger partial charge < -0.3 is 15.4 Å². The van der Waals surface area contributed by atoms with Crippen LogP contribution in [-0.4, -0.2) is 31.7 Å². The number of hydrogen-bond donors (Lipinski definition) is 2. The number of fused-ring (bicyclic) bond motifs is 1. The third-order valence-corrected chi connectivity index (χ3v) is 5.29. The molecule has 30 heavy (non-hydrogen) atoms. The van der Waals surface area contributed by atoms with Crippen LogP contribution in [0.3, 0.4) is 0 Å². The Kier molecular flexibility index (Phi) is 5.31. The summed E-state index contributed by atoms with van der Waals surface area (Å²) < 4.78 is 9.36. The van der Waals surface area contributed by atoms with Gasteiger partial charge >= 0.3 is 0 Å². The summed E-state index contributed by atoms with van der Waals surface area (Å²) in [6.45, 7) is 9.80. The fourth-order valence-corrected chi connectivity index (χ4v) is 3.65. The molecule has 0 fully saturated rings. The predicted molar refractivity (Wildman–Crippen MR) is 120 cm³/mol. The van der Waals surface area contributed by atoms with Crippen LogP contribution in [0, 0.1) is 13.8 Å². The number of pyridine rings is 1. The standard InChI is InChI=1S/C22H27N7O/c1-6-28-17-12-19(25-20-10-11-24-29(20)7-2)23-13-16(17)22(27-28)26-21-14(3)8-9-18(30-5)15(21)4/h8-13H,6-7H2,1-5H3,(H,23,25)(H,26,27). The van der Waals surface area contributed by atoms with Gasteiger partial charge in [0.25, 0.3) is 0 Å². The van der Waals surface area contributed by atoms with Gasteiger partial charge in [0.1, 0.15) is 17.4 Å². The van der Waals surface area contributed by atoms with Crippen LogP contribution in [0.2, 0.25) is 0 Å². The van der Waals surface area contributed by atoms with E-state index in [0.29, 0.717) is 0 Å². The molecule has 156 valence electrons. The highest BCUT2D eigenvalue weighted by atomic mass is 16.5. The van der Waals surface area contributed by atoms with Crippen molar-refractivity contribution in [3.63, 3.8) is 0 Å². The van der Waals surface area contributed by atoms with Crippen LogP contribution in [0.25, 0.3) is 10.9 Å². The van der Waals surface area contributed by atoms with E-state index in [4.69, 9.17) is 9.84 Å². The summed E-state index contributed by atoms with van der Waals surface area (Å²) in [5.74, 6) is 3.30. The number of aryl methyl sites for hydroxylation is 3. The van der Waals surface area contributed by atoms with E-state index in [9.17, 15) is 0 Å². The van der Waals surface area contributed by atoms with E-state index in [-0.39, 0.29) is 0 Å². The molecule has 0 radical (unpaired) electrons. The van der Waals surface area contributed by atoms with Gasteiger partial charge in [0.05, 0.1) is 24.2 Å². The molecule has 0 aliphatic rings. The second kappa shape index (κ2) is 8.06. The van der Waals surface area contributed by atoms with Crippen molar-refractivity contribution in [2.45, 2.75) is 40.8 Å². The molecule has 0 aliphatic carbocycles. The van der Waals surface area contributed by atoms with Gasteiger partial charge in [0, 0.05) is 42.7 Å². The number of nitrogens with zero attached hydrogens (tertiary/aromatic N) is 5. The topological polar surface area (TPSA) is 81.8 Å². The lowest BCUT2D eigenvalue weighted by molar-refractivity contribution is 0.412. The number of anilines is 4. The maximum atomic E-state index is 5.48. The molecule has 2 N–H and O–H groups in total. The lowest BCUT2D eigenvalue weighted by Gasteiger charge is -2.14. The van der Waals surface area contributed by atoms with Crippen molar-refractivity contribution < 1.29 is 4.74 Å². The van der Waals surface area contributed by atoms with Crippen LogP contribution in [0.1, 0.15) is 25.0 Å². The van der Waals surface area contributed by atoms with Gasteiger partial charge in [-0.3, -0.25) is 4.68 Å². The Morgan fingerprint density at radius 3 is 2.57 bits per heavy atom. The quantitative estimate of drug-likeness (QED) is 0.460. The molecule has 0 bridgehead atoms. The molecule has 8 heteroatoms. The predicted octanol–water partition coefficient (Wildman–Crippen LogP) is 4.78. The molecular weight excluding hydrogens is 378 g/mol. The minimum atomic E-state index is 0.755. The maximum absolute atomic E-state index is 5.48. The van der Waals surface area contributed by atoms with Gasteiger partial charge in [0.15, 0.2) is 5.82 Å². The number of ether oxygens (including phenoxy) is 1. The van der Waals surface area contributed by atoms with E-state index in [1.165, 1.54) is 0 Å². The third kappa shape index (κ3) is 3.45. The summed E-state index contributed by atoms with van der Waals surface area (Å²) >= 11 is 0. The SMILES string of the molecule is CCn1nccc1Nc1cc2c(cn1)c(Nc1c(C)ccc(OC)c1C)nn2CC. The Bertz CT molecular complexity index is 1190. The second-order valence-electron chi connectivity index (χ2n) is 7.12. The summed E-state index contributed by atoms with van der Waals surface area (Å²) in [4.78, 5) is 4.62. The molecule has 0 unspecified atom stereocenters. The van der Waals surface area contributed by atoms with Crippen LogP contribution < -0.4 is 15.4 Å². The molecule has 0 aliphatic heterocycles. The Hall–Kier alpha value is -3.55. The van der Waals surface area contributed by atoms with E-state index in [1.807, 2.05) is 46.7 Å². The van der Waals surface area contributed by atoms with Gasteiger partial charge in [-0.1, -0.05) is 6.07 Å². The van der Waals surface area contributed by atoms with Crippen LogP contribution in [0.5, 0.6) is 5.75 Å². The van der Waals surface area contributed by atoms with E-state index in [2.05, 4.69) is 41.5 Å². The van der Waals surface area contributed by atoms with Crippen LogP contribution in [0.4, 0.5) is 23.1 Å². The summed E-state index contributed by atoms with van der Waals surface area (Å²) in [7, 11) is 1.69. The molecule has 0 atom stereocenters. The summed E-state index contributed by atoms with van der Waals surface area (Å²) in [6.07, 6.45) is 3.64. The molecule has 8 nitrogen and oxygen atoms in total. The summed E-state index contributed by atoms with van der Waals surface area (Å²) in [5.41, 5.74) is 4.20. The highest BCUT2D eigenvalue weighted by Gasteiger charge is 2.15. The van der Waals surface area contributed by atoms with Gasteiger partial charge in [-0.15, -0.1) is 0 Å². The molecule has 0 saturated carbocycles. The first-order valence-corrected chi connectivity index (χ1v) is 10.1. The smallest absolute Gasteiger partial charge is 0.161 e. The Morgan fingerprint density at radius 2 is 1.83 bits per heavy atom. The Morgan fingerprint density at radius 1 is 1.03 bits per heavy atom. The van der Waals surface area contributed by atoms with Crippen molar-refractivity contribution in [1.29, 1.82) is 0 Å². The number of methoxy groups -OCH3 is 1. The highest BCUT2D eigenvalue weighted by molar-refractivity contribution is 5.93. The first kappa shape index (κ1) is 19.8. The molecule has 0 saturated heterocycles. The zero-order valence-electron chi connectivity index (χ0n) is 18.0. The number of aromatic nitrogens is 5. The van der Waals surface area contributed by atoms with Gasteiger partial charge in [-0.05, 0) is 39.3 Å². The fraction of sp³-hybridized carbons (Fsp3) is 0.318. The van der Waals surface area contributed by atoms with Gasteiger partial charge in [-0.2, -0.15) is 10.2 Å². The monoisotopic (exact) mass is 405 g/mol. The van der Waals surface area contributed by atoms with E-state index < -0.39 is 0 Å². The highest BCUT2D eigenvalue weighted by Crippen LogP contribution is 2.34. The lowest BCUT2D eigenvalue weighted by atomic mass is 10.1. The molecule has 1 aromatic carbocycles. The van der Waals surface area contributed by atoms with Crippen molar-refractivity contribution in [1.82, 2.24) is 24.5 Å². The second-order valence-corrected chi connectivity index (χ2v) is 7.12. The van der Waals surface area contributed by atoms with E-state index in [1.54, 1.807) is 13.3 Å². The normalized spacial score (nSPS) is 11.1. The number of nitrogens with one attached hydrogen (secondary N) is 2. The summed E-state index contributed by atoms with van der Waals surface area (Å²) in [5, 5.41) is 16.9. The van der Waals surface area contributed by atoms with Crippen LogP contribution in [0.15, 0.2) is 36.7 Å². The van der Waals surface area contributed by atoms with E-state index in [0.717, 1.165) is 64.0 Å². The van der Waals surface area contributed by atoms with Crippen molar-refractivity contribution >= 4 is 34.0 Å².